The van der Waals surface area contributed by atoms with Gasteiger partial charge in [-0.25, -0.2) is 0 Å². The lowest BCUT2D eigenvalue weighted by Crippen LogP contribution is -1.95. The van der Waals surface area contributed by atoms with Crippen LogP contribution in [-0.2, 0) is 0 Å². The molecule has 0 aliphatic carbocycles. The SMILES string of the molecule is CCCC.CCCCN.c1cnnnc1. The van der Waals surface area contributed by atoms with Crippen LogP contribution in [0.2, 0.25) is 0 Å². The molecule has 1 rings (SSSR count). The fourth-order valence-corrected chi connectivity index (χ4v) is 0.409. The molecule has 0 bridgehead atoms. The van der Waals surface area contributed by atoms with Gasteiger partial charge in [0.05, 0.1) is 12.4 Å². The lowest BCUT2D eigenvalue weighted by molar-refractivity contribution is 0.807. The summed E-state index contributed by atoms with van der Waals surface area (Å²) in [6.07, 6.45) is 8.18. The summed E-state index contributed by atoms with van der Waals surface area (Å²) in [5.41, 5.74) is 5.14. The highest BCUT2D eigenvalue weighted by molar-refractivity contribution is 4.69. The molecule has 0 aliphatic rings. The lowest BCUT2D eigenvalue weighted by Gasteiger charge is -1.80. The number of hydrogen-bond acceptors (Lipinski definition) is 4. The Labute approximate surface area is 93.3 Å². The standard InChI is InChI=1S/C4H11N.C4H10.C3H3N3/c1-2-3-4-5;1-3-4-2;1-2-4-6-5-3-1/h2-5H2,1H3;3-4H2,1-2H3;1-3H. The van der Waals surface area contributed by atoms with Gasteiger partial charge >= 0.3 is 0 Å². The van der Waals surface area contributed by atoms with Crippen molar-refractivity contribution >= 4 is 0 Å². The van der Waals surface area contributed by atoms with Crippen molar-refractivity contribution in [2.45, 2.75) is 46.5 Å². The summed E-state index contributed by atoms with van der Waals surface area (Å²) in [4.78, 5) is 0. The van der Waals surface area contributed by atoms with E-state index in [-0.39, 0.29) is 0 Å². The first-order valence-electron chi connectivity index (χ1n) is 5.61. The average Bonchev–Trinajstić information content (AvgIpc) is 2.33. The second kappa shape index (κ2) is 18.7. The third-order valence-electron chi connectivity index (χ3n) is 1.47. The molecule has 88 valence electrons. The second-order valence-electron chi connectivity index (χ2n) is 2.95. The molecule has 4 nitrogen and oxygen atoms in total. The first-order valence-corrected chi connectivity index (χ1v) is 5.61. The number of unbranched alkanes of at least 4 members (excludes halogenated alkanes) is 2. The van der Waals surface area contributed by atoms with E-state index in [9.17, 15) is 0 Å². The number of nitrogens with two attached hydrogens (primary N) is 1. The van der Waals surface area contributed by atoms with Crippen molar-refractivity contribution < 1.29 is 0 Å². The number of hydrogen-bond donors (Lipinski definition) is 1. The van der Waals surface area contributed by atoms with Gasteiger partial charge in [0.15, 0.2) is 0 Å². The molecule has 15 heavy (non-hydrogen) atoms. The molecule has 0 aromatic carbocycles. The summed E-state index contributed by atoms with van der Waals surface area (Å²) >= 11 is 0. The molecule has 0 saturated carbocycles. The van der Waals surface area contributed by atoms with Gasteiger partial charge in [0.1, 0.15) is 0 Å². The first kappa shape index (κ1) is 16.4. The minimum Gasteiger partial charge on any atom is -0.330 e. The van der Waals surface area contributed by atoms with Crippen LogP contribution in [-0.4, -0.2) is 22.0 Å². The third-order valence-corrected chi connectivity index (χ3v) is 1.47. The van der Waals surface area contributed by atoms with Crippen molar-refractivity contribution in [1.29, 1.82) is 0 Å². The predicted molar refractivity (Wildman–Crippen MR) is 64.4 cm³/mol. The predicted octanol–water partition coefficient (Wildman–Crippen LogP) is 2.42. The molecular weight excluding hydrogens is 188 g/mol. The smallest absolute Gasteiger partial charge is 0.0529 e. The average molecular weight is 212 g/mol. The minimum absolute atomic E-state index is 0.844. The quantitative estimate of drug-likeness (QED) is 0.835. The molecule has 0 spiro atoms. The summed E-state index contributed by atoms with van der Waals surface area (Å²) in [7, 11) is 0. The van der Waals surface area contributed by atoms with Crippen LogP contribution in [0.5, 0.6) is 0 Å². The molecule has 0 saturated heterocycles. The van der Waals surface area contributed by atoms with Crippen LogP contribution in [0.25, 0.3) is 0 Å². The van der Waals surface area contributed by atoms with Crippen LogP contribution >= 0.6 is 0 Å². The number of aromatic nitrogens is 3. The normalized spacial score (nSPS) is 8.00. The van der Waals surface area contributed by atoms with Gasteiger partial charge in [-0.2, -0.15) is 0 Å². The molecule has 0 aliphatic heterocycles. The lowest BCUT2D eigenvalue weighted by atomic mass is 10.3. The molecule has 0 radical (unpaired) electrons. The maximum Gasteiger partial charge on any atom is 0.0529 e. The summed E-state index contributed by atoms with van der Waals surface area (Å²) < 4.78 is 0. The highest BCUT2D eigenvalue weighted by Crippen LogP contribution is 1.77. The van der Waals surface area contributed by atoms with E-state index in [2.05, 4.69) is 36.2 Å². The molecule has 0 atom stereocenters. The second-order valence-corrected chi connectivity index (χ2v) is 2.95. The Kier molecular flexibility index (Phi) is 20.4. The molecule has 1 aromatic rings. The van der Waals surface area contributed by atoms with Crippen LogP contribution in [0.3, 0.4) is 0 Å². The van der Waals surface area contributed by atoms with Crippen molar-refractivity contribution in [3.63, 3.8) is 0 Å². The third kappa shape index (κ3) is 24.6. The van der Waals surface area contributed by atoms with Crippen molar-refractivity contribution in [2.24, 2.45) is 5.73 Å². The number of rotatable bonds is 3. The summed E-state index contributed by atoms with van der Waals surface area (Å²) in [5.74, 6) is 0. The van der Waals surface area contributed by atoms with E-state index >= 15 is 0 Å². The first-order chi connectivity index (χ1) is 7.33. The van der Waals surface area contributed by atoms with Gasteiger partial charge in [0, 0.05) is 0 Å². The molecule has 4 heteroatoms. The van der Waals surface area contributed by atoms with Gasteiger partial charge in [-0.05, 0) is 24.2 Å². The van der Waals surface area contributed by atoms with Crippen LogP contribution < -0.4 is 5.73 Å². The van der Waals surface area contributed by atoms with E-state index in [0.29, 0.717) is 0 Å². The fourth-order valence-electron chi connectivity index (χ4n) is 0.409. The summed E-state index contributed by atoms with van der Waals surface area (Å²) in [6, 6.07) is 1.72. The zero-order valence-corrected chi connectivity index (χ0v) is 10.2. The Morgan fingerprint density at radius 2 is 1.47 bits per heavy atom. The summed E-state index contributed by atoms with van der Waals surface area (Å²) in [6.45, 7) is 7.34. The molecule has 0 unspecified atom stereocenters. The molecule has 0 amide bonds. The van der Waals surface area contributed by atoms with E-state index in [1.54, 1.807) is 18.5 Å². The van der Waals surface area contributed by atoms with Gasteiger partial charge in [0.25, 0.3) is 0 Å². The highest BCUT2D eigenvalue weighted by atomic mass is 15.3. The zero-order chi connectivity index (χ0) is 11.8. The topological polar surface area (TPSA) is 64.7 Å². The van der Waals surface area contributed by atoms with Crippen molar-refractivity contribution in [1.82, 2.24) is 15.4 Å². The Bertz CT molecular complexity index is 137. The van der Waals surface area contributed by atoms with Crippen LogP contribution in [0, 0.1) is 0 Å². The molecular formula is C11H24N4. The van der Waals surface area contributed by atoms with E-state index in [1.165, 1.54) is 25.7 Å². The molecule has 1 aromatic heterocycles. The van der Waals surface area contributed by atoms with Gasteiger partial charge in [-0.3, -0.25) is 0 Å². The molecule has 2 N–H and O–H groups in total. The van der Waals surface area contributed by atoms with Crippen LogP contribution in [0.4, 0.5) is 0 Å². The molecule has 0 fully saturated rings. The highest BCUT2D eigenvalue weighted by Gasteiger charge is 1.68. The van der Waals surface area contributed by atoms with Gasteiger partial charge in [-0.1, -0.05) is 40.0 Å². The summed E-state index contributed by atoms with van der Waals surface area (Å²) in [5, 5.41) is 10.1. The fraction of sp³-hybridized carbons (Fsp3) is 0.727. The van der Waals surface area contributed by atoms with E-state index in [0.717, 1.165) is 6.54 Å². The van der Waals surface area contributed by atoms with Crippen LogP contribution in [0.15, 0.2) is 18.5 Å². The Morgan fingerprint density at radius 3 is 1.53 bits per heavy atom. The maximum atomic E-state index is 5.14. The van der Waals surface area contributed by atoms with Gasteiger partial charge < -0.3 is 5.73 Å². The molecule has 1 heterocycles. The zero-order valence-electron chi connectivity index (χ0n) is 10.2. The Hall–Kier alpha value is -1.03. The van der Waals surface area contributed by atoms with Crippen molar-refractivity contribution in [3.05, 3.63) is 18.5 Å². The van der Waals surface area contributed by atoms with E-state index < -0.39 is 0 Å². The maximum absolute atomic E-state index is 5.14. The Balaban J connectivity index is 0. The van der Waals surface area contributed by atoms with Gasteiger partial charge in [-0.15, -0.1) is 10.2 Å². The largest absolute Gasteiger partial charge is 0.330 e. The van der Waals surface area contributed by atoms with Gasteiger partial charge in [0.2, 0.25) is 0 Å². The van der Waals surface area contributed by atoms with Crippen LogP contribution in [0.1, 0.15) is 46.5 Å². The van der Waals surface area contributed by atoms with Crippen molar-refractivity contribution in [2.75, 3.05) is 6.54 Å². The van der Waals surface area contributed by atoms with Crippen molar-refractivity contribution in [3.8, 4) is 0 Å². The number of nitrogens with zero attached hydrogens (tertiary/aromatic N) is 3. The van der Waals surface area contributed by atoms with E-state index in [4.69, 9.17) is 5.73 Å². The minimum atomic E-state index is 0.844. The van der Waals surface area contributed by atoms with E-state index in [1.807, 2.05) is 0 Å². The Morgan fingerprint density at radius 1 is 0.933 bits per heavy atom. The monoisotopic (exact) mass is 212 g/mol.